The summed E-state index contributed by atoms with van der Waals surface area (Å²) in [5, 5.41) is 8.45. The lowest BCUT2D eigenvalue weighted by Gasteiger charge is -2.06. The fourth-order valence-corrected chi connectivity index (χ4v) is 3.07. The van der Waals surface area contributed by atoms with Gasteiger partial charge in [0.1, 0.15) is 16.0 Å². The average molecular weight is 370 g/mol. The van der Waals surface area contributed by atoms with Crippen LogP contribution in [0, 0.1) is 0 Å². The highest BCUT2D eigenvalue weighted by Crippen LogP contribution is 2.19. The third-order valence-corrected chi connectivity index (χ3v) is 4.54. The molecular weight excluding hydrogens is 356 g/mol. The standard InChI is InChI=1S/C18H14N2O5S/c19-26(23,24)17-8-4-2-6-14(17)20-10-9-15(21)13-11-12-5-1-3-7-16(12)25-18(13)22/h1-11,20H,(H2,19,23,24)/b10-9+. The van der Waals surface area contributed by atoms with E-state index in [4.69, 9.17) is 9.56 Å². The van der Waals surface area contributed by atoms with Crippen LogP contribution in [0.2, 0.25) is 0 Å². The van der Waals surface area contributed by atoms with Gasteiger partial charge in [0.15, 0.2) is 5.78 Å². The van der Waals surface area contributed by atoms with E-state index in [1.54, 1.807) is 30.3 Å². The Balaban J connectivity index is 1.86. The SMILES string of the molecule is NS(=O)(=O)c1ccccc1N/C=C/C(=O)c1cc2ccccc2oc1=O. The first-order valence-corrected chi connectivity index (χ1v) is 9.03. The minimum absolute atomic E-state index is 0.109. The Hall–Kier alpha value is -3.23. The molecule has 0 bridgehead atoms. The number of allylic oxidation sites excluding steroid dienone is 1. The Morgan fingerprint density at radius 1 is 1.08 bits per heavy atom. The molecule has 0 saturated heterocycles. The van der Waals surface area contributed by atoms with Crippen LogP contribution in [0.4, 0.5) is 5.69 Å². The molecule has 0 aliphatic carbocycles. The van der Waals surface area contributed by atoms with Crippen LogP contribution in [0.15, 0.2) is 81.0 Å². The molecule has 0 aliphatic rings. The van der Waals surface area contributed by atoms with Gasteiger partial charge in [-0.3, -0.25) is 4.79 Å². The number of carbonyl (C=O) groups excluding carboxylic acids is 1. The smallest absolute Gasteiger partial charge is 0.347 e. The van der Waals surface area contributed by atoms with E-state index in [1.807, 2.05) is 0 Å². The number of hydrogen-bond donors (Lipinski definition) is 2. The second-order valence-corrected chi connectivity index (χ2v) is 6.90. The van der Waals surface area contributed by atoms with Gasteiger partial charge in [0.2, 0.25) is 10.0 Å². The summed E-state index contributed by atoms with van der Waals surface area (Å²) in [7, 11) is -3.91. The Labute approximate surface area is 148 Å². The van der Waals surface area contributed by atoms with Gasteiger partial charge in [-0.1, -0.05) is 30.3 Å². The lowest BCUT2D eigenvalue weighted by atomic mass is 10.1. The number of hydrogen-bond acceptors (Lipinski definition) is 6. The second kappa shape index (κ2) is 6.95. The Kier molecular flexibility index (Phi) is 4.70. The molecule has 7 nitrogen and oxygen atoms in total. The second-order valence-electron chi connectivity index (χ2n) is 5.37. The number of sulfonamides is 1. The van der Waals surface area contributed by atoms with Gasteiger partial charge in [-0.05, 0) is 24.3 Å². The lowest BCUT2D eigenvalue weighted by molar-refractivity contribution is 0.104. The molecule has 0 unspecified atom stereocenters. The van der Waals surface area contributed by atoms with Crippen LogP contribution in [0.5, 0.6) is 0 Å². The number of para-hydroxylation sites is 2. The molecule has 3 N–H and O–H groups in total. The van der Waals surface area contributed by atoms with Crippen molar-refractivity contribution in [3.63, 3.8) is 0 Å². The molecule has 1 aromatic heterocycles. The summed E-state index contributed by atoms with van der Waals surface area (Å²) < 4.78 is 28.2. The van der Waals surface area contributed by atoms with Gasteiger partial charge in [-0.15, -0.1) is 0 Å². The number of nitrogens with one attached hydrogen (secondary N) is 1. The number of anilines is 1. The van der Waals surface area contributed by atoms with E-state index < -0.39 is 21.4 Å². The van der Waals surface area contributed by atoms with Gasteiger partial charge in [0.05, 0.1) is 5.69 Å². The zero-order valence-electron chi connectivity index (χ0n) is 13.4. The number of rotatable bonds is 5. The fraction of sp³-hybridized carbons (Fsp3) is 0. The normalized spacial score (nSPS) is 11.7. The third-order valence-electron chi connectivity index (χ3n) is 3.57. The van der Waals surface area contributed by atoms with Crippen molar-refractivity contribution in [2.75, 3.05) is 5.32 Å². The Bertz CT molecular complexity index is 1180. The first-order valence-electron chi connectivity index (χ1n) is 7.48. The van der Waals surface area contributed by atoms with Crippen molar-refractivity contribution in [3.8, 4) is 0 Å². The van der Waals surface area contributed by atoms with E-state index in [2.05, 4.69) is 5.32 Å². The molecule has 0 radical (unpaired) electrons. The lowest BCUT2D eigenvalue weighted by Crippen LogP contribution is -2.14. The summed E-state index contributed by atoms with van der Waals surface area (Å²) in [5.74, 6) is -0.579. The van der Waals surface area contributed by atoms with Gasteiger partial charge in [-0.25, -0.2) is 18.4 Å². The molecule has 0 spiro atoms. The van der Waals surface area contributed by atoms with Crippen LogP contribution in [0.1, 0.15) is 10.4 Å². The van der Waals surface area contributed by atoms with Gasteiger partial charge < -0.3 is 9.73 Å². The predicted molar refractivity (Wildman–Crippen MR) is 97.4 cm³/mol. The zero-order valence-corrected chi connectivity index (χ0v) is 14.2. The molecule has 0 fully saturated rings. The van der Waals surface area contributed by atoms with E-state index >= 15 is 0 Å². The third kappa shape index (κ3) is 3.71. The van der Waals surface area contributed by atoms with Crippen LogP contribution in [0.3, 0.4) is 0 Å². The molecular formula is C18H14N2O5S. The number of carbonyl (C=O) groups is 1. The molecule has 3 rings (SSSR count). The molecule has 2 aromatic carbocycles. The molecule has 0 atom stereocenters. The van der Waals surface area contributed by atoms with E-state index in [9.17, 15) is 18.0 Å². The molecule has 0 aliphatic heterocycles. The highest BCUT2D eigenvalue weighted by Gasteiger charge is 2.13. The van der Waals surface area contributed by atoms with Crippen molar-refractivity contribution < 1.29 is 17.6 Å². The van der Waals surface area contributed by atoms with Crippen molar-refractivity contribution in [3.05, 3.63) is 82.9 Å². The summed E-state index contributed by atoms with van der Waals surface area (Å²) in [5.41, 5.74) is -0.271. The quantitative estimate of drug-likeness (QED) is 0.404. The van der Waals surface area contributed by atoms with Crippen LogP contribution >= 0.6 is 0 Å². The molecule has 8 heteroatoms. The van der Waals surface area contributed by atoms with Crippen LogP contribution in [-0.4, -0.2) is 14.2 Å². The molecule has 1 heterocycles. The number of primary sulfonamides is 1. The maximum Gasteiger partial charge on any atom is 0.347 e. The van der Waals surface area contributed by atoms with Crippen molar-refractivity contribution in [2.45, 2.75) is 4.90 Å². The minimum atomic E-state index is -3.91. The topological polar surface area (TPSA) is 119 Å². The predicted octanol–water partition coefficient (Wildman–Crippen LogP) is 2.25. The maximum atomic E-state index is 12.3. The summed E-state index contributed by atoms with van der Waals surface area (Å²) >= 11 is 0. The van der Waals surface area contributed by atoms with Crippen LogP contribution in [0.25, 0.3) is 11.0 Å². The Morgan fingerprint density at radius 2 is 1.77 bits per heavy atom. The average Bonchev–Trinajstić information content (AvgIpc) is 2.60. The fourth-order valence-electron chi connectivity index (χ4n) is 2.36. The highest BCUT2D eigenvalue weighted by molar-refractivity contribution is 7.89. The van der Waals surface area contributed by atoms with Crippen molar-refractivity contribution >= 4 is 32.5 Å². The number of benzene rings is 2. The largest absolute Gasteiger partial charge is 0.422 e. The van der Waals surface area contributed by atoms with Crippen molar-refractivity contribution in [1.29, 1.82) is 0 Å². The first kappa shape index (κ1) is 17.6. The van der Waals surface area contributed by atoms with Gasteiger partial charge >= 0.3 is 5.63 Å². The molecule has 0 amide bonds. The maximum absolute atomic E-state index is 12.3. The van der Waals surface area contributed by atoms with E-state index in [0.717, 1.165) is 6.08 Å². The van der Waals surface area contributed by atoms with E-state index in [-0.39, 0.29) is 16.1 Å². The molecule has 132 valence electrons. The number of ketones is 1. The zero-order chi connectivity index (χ0) is 18.7. The first-order chi connectivity index (χ1) is 12.4. The van der Waals surface area contributed by atoms with Crippen LogP contribution in [-0.2, 0) is 10.0 Å². The van der Waals surface area contributed by atoms with Crippen molar-refractivity contribution in [1.82, 2.24) is 0 Å². The van der Waals surface area contributed by atoms with Gasteiger partial charge in [0, 0.05) is 17.7 Å². The highest BCUT2D eigenvalue weighted by atomic mass is 32.2. The minimum Gasteiger partial charge on any atom is -0.422 e. The van der Waals surface area contributed by atoms with Gasteiger partial charge in [0.25, 0.3) is 0 Å². The monoisotopic (exact) mass is 370 g/mol. The molecule has 26 heavy (non-hydrogen) atoms. The van der Waals surface area contributed by atoms with E-state index in [0.29, 0.717) is 11.0 Å². The summed E-state index contributed by atoms with van der Waals surface area (Å²) in [6.45, 7) is 0. The number of fused-ring (bicyclic) bond motifs is 1. The van der Waals surface area contributed by atoms with Crippen LogP contribution < -0.4 is 16.1 Å². The van der Waals surface area contributed by atoms with Crippen molar-refractivity contribution in [2.24, 2.45) is 5.14 Å². The van der Waals surface area contributed by atoms with Gasteiger partial charge in [-0.2, -0.15) is 0 Å². The number of nitrogens with two attached hydrogens (primary N) is 1. The Morgan fingerprint density at radius 3 is 2.54 bits per heavy atom. The molecule has 3 aromatic rings. The van der Waals surface area contributed by atoms with E-state index in [1.165, 1.54) is 30.5 Å². The summed E-state index contributed by atoms with van der Waals surface area (Å²) in [4.78, 5) is 24.1. The molecule has 0 saturated carbocycles. The summed E-state index contributed by atoms with van der Waals surface area (Å²) in [6.07, 6.45) is 2.35. The summed E-state index contributed by atoms with van der Waals surface area (Å²) in [6, 6.07) is 14.3.